The molecule has 4 nitrogen and oxygen atoms in total. The molecule has 16 heavy (non-hydrogen) atoms. The van der Waals surface area contributed by atoms with E-state index in [4.69, 9.17) is 9.47 Å². The topological polar surface area (TPSA) is 38.8 Å². The van der Waals surface area contributed by atoms with Gasteiger partial charge in [0.25, 0.3) is 0 Å². The summed E-state index contributed by atoms with van der Waals surface area (Å²) in [7, 11) is 0. The molecular formula is C11H20FNO3. The van der Waals surface area contributed by atoms with Crippen LogP contribution in [0.1, 0.15) is 27.2 Å². The fraction of sp³-hybridized carbons (Fsp3) is 0.909. The van der Waals surface area contributed by atoms with Gasteiger partial charge >= 0.3 is 6.09 Å². The van der Waals surface area contributed by atoms with Gasteiger partial charge in [0.15, 0.2) is 0 Å². The number of alkyl halides is 1. The summed E-state index contributed by atoms with van der Waals surface area (Å²) in [6, 6.07) is 0. The number of halogens is 1. The Kier molecular flexibility index (Phi) is 4.53. The molecule has 0 N–H and O–H groups in total. The summed E-state index contributed by atoms with van der Waals surface area (Å²) in [5.74, 6) is 0. The Balaban J connectivity index is 2.53. The molecule has 1 rings (SSSR count). The molecule has 0 saturated carbocycles. The van der Waals surface area contributed by atoms with Crippen molar-refractivity contribution in [3.8, 4) is 0 Å². The molecule has 1 atom stereocenters. The molecule has 1 unspecified atom stereocenters. The van der Waals surface area contributed by atoms with Crippen LogP contribution in [0, 0.1) is 0 Å². The van der Waals surface area contributed by atoms with Crippen molar-refractivity contribution in [2.45, 2.75) is 38.9 Å². The van der Waals surface area contributed by atoms with E-state index in [-0.39, 0.29) is 6.54 Å². The first-order valence-electron chi connectivity index (χ1n) is 5.58. The molecule has 0 aromatic carbocycles. The van der Waals surface area contributed by atoms with Gasteiger partial charge in [-0.05, 0) is 27.2 Å². The van der Waals surface area contributed by atoms with E-state index in [9.17, 15) is 9.18 Å². The lowest BCUT2D eigenvalue weighted by Gasteiger charge is -2.27. The van der Waals surface area contributed by atoms with E-state index in [0.717, 1.165) is 6.42 Å². The minimum atomic E-state index is -0.570. The lowest BCUT2D eigenvalue weighted by molar-refractivity contribution is 0.00948. The van der Waals surface area contributed by atoms with Crippen molar-refractivity contribution < 1.29 is 18.7 Å². The number of ether oxygens (including phenoxy) is 2. The Hall–Kier alpha value is -0.840. The van der Waals surface area contributed by atoms with Crippen molar-refractivity contribution in [1.29, 1.82) is 0 Å². The zero-order valence-electron chi connectivity index (χ0n) is 10.2. The van der Waals surface area contributed by atoms with Crippen molar-refractivity contribution in [3.63, 3.8) is 0 Å². The molecule has 1 heterocycles. The van der Waals surface area contributed by atoms with Gasteiger partial charge < -0.3 is 14.4 Å². The molecule has 1 amide bonds. The van der Waals surface area contributed by atoms with E-state index in [0.29, 0.717) is 13.2 Å². The molecule has 0 bridgehead atoms. The number of carbonyl (C=O) groups excluding carboxylic acids is 1. The summed E-state index contributed by atoms with van der Waals surface area (Å²) in [6.45, 7) is 6.19. The van der Waals surface area contributed by atoms with Crippen molar-refractivity contribution in [3.05, 3.63) is 0 Å². The number of nitrogens with zero attached hydrogens (tertiary/aromatic N) is 1. The second kappa shape index (κ2) is 5.48. The van der Waals surface area contributed by atoms with Crippen LogP contribution in [-0.4, -0.2) is 49.1 Å². The van der Waals surface area contributed by atoms with E-state index in [2.05, 4.69) is 0 Å². The summed E-state index contributed by atoms with van der Waals surface area (Å²) < 4.78 is 23.0. The number of rotatable bonds is 1. The SMILES string of the molecule is CC(C)(C)OC(=O)N1CCCOC(CF)C1. The molecule has 1 aliphatic rings. The molecule has 0 aliphatic carbocycles. The van der Waals surface area contributed by atoms with Gasteiger partial charge in [0.05, 0.1) is 6.54 Å². The van der Waals surface area contributed by atoms with Crippen LogP contribution in [-0.2, 0) is 9.47 Å². The summed E-state index contributed by atoms with van der Waals surface area (Å²) in [5, 5.41) is 0. The highest BCUT2D eigenvalue weighted by atomic mass is 19.1. The van der Waals surface area contributed by atoms with Gasteiger partial charge in [0.2, 0.25) is 0 Å². The second-order valence-corrected chi connectivity index (χ2v) is 4.93. The third kappa shape index (κ3) is 4.35. The Bertz CT molecular complexity index is 240. The third-order valence-electron chi connectivity index (χ3n) is 2.17. The van der Waals surface area contributed by atoms with Crippen LogP contribution in [0.25, 0.3) is 0 Å². The first-order chi connectivity index (χ1) is 7.42. The van der Waals surface area contributed by atoms with Crippen LogP contribution in [0.5, 0.6) is 0 Å². The first kappa shape index (κ1) is 13.2. The lowest BCUT2D eigenvalue weighted by Crippen LogP contribution is -2.41. The Labute approximate surface area is 95.7 Å². The Morgan fingerprint density at radius 2 is 2.25 bits per heavy atom. The van der Waals surface area contributed by atoms with Gasteiger partial charge in [-0.15, -0.1) is 0 Å². The first-order valence-corrected chi connectivity index (χ1v) is 5.58. The van der Waals surface area contributed by atoms with Crippen LogP contribution in [0.15, 0.2) is 0 Å². The fourth-order valence-electron chi connectivity index (χ4n) is 1.48. The van der Waals surface area contributed by atoms with E-state index < -0.39 is 24.5 Å². The molecular weight excluding hydrogens is 213 g/mol. The minimum Gasteiger partial charge on any atom is -0.444 e. The van der Waals surface area contributed by atoms with Crippen LogP contribution >= 0.6 is 0 Å². The maximum Gasteiger partial charge on any atom is 0.410 e. The van der Waals surface area contributed by atoms with Crippen molar-refractivity contribution in [2.24, 2.45) is 0 Å². The average molecular weight is 233 g/mol. The fourth-order valence-corrected chi connectivity index (χ4v) is 1.48. The van der Waals surface area contributed by atoms with Crippen LogP contribution in [0.2, 0.25) is 0 Å². The van der Waals surface area contributed by atoms with E-state index in [1.807, 2.05) is 20.8 Å². The Morgan fingerprint density at radius 3 is 2.81 bits per heavy atom. The van der Waals surface area contributed by atoms with E-state index >= 15 is 0 Å². The molecule has 5 heteroatoms. The van der Waals surface area contributed by atoms with E-state index in [1.54, 1.807) is 0 Å². The highest BCUT2D eigenvalue weighted by Crippen LogP contribution is 2.13. The standard InChI is InChI=1S/C11H20FNO3/c1-11(2,3)16-10(14)13-5-4-6-15-9(7-12)8-13/h9H,4-8H2,1-3H3. The van der Waals surface area contributed by atoms with Gasteiger partial charge in [0.1, 0.15) is 18.4 Å². The van der Waals surface area contributed by atoms with Crippen LogP contribution in [0.4, 0.5) is 9.18 Å². The second-order valence-electron chi connectivity index (χ2n) is 4.93. The number of amides is 1. The van der Waals surface area contributed by atoms with Gasteiger partial charge in [-0.3, -0.25) is 0 Å². The Morgan fingerprint density at radius 1 is 1.56 bits per heavy atom. The smallest absolute Gasteiger partial charge is 0.410 e. The monoisotopic (exact) mass is 233 g/mol. The summed E-state index contributed by atoms with van der Waals surface area (Å²) in [4.78, 5) is 13.3. The third-order valence-corrected chi connectivity index (χ3v) is 2.17. The summed E-state index contributed by atoms with van der Waals surface area (Å²) in [6.07, 6.45) is -0.193. The maximum atomic E-state index is 12.5. The summed E-state index contributed by atoms with van der Waals surface area (Å²) >= 11 is 0. The van der Waals surface area contributed by atoms with Crippen molar-refractivity contribution in [1.82, 2.24) is 4.90 Å². The van der Waals surface area contributed by atoms with Crippen molar-refractivity contribution in [2.75, 3.05) is 26.4 Å². The number of carbonyl (C=O) groups is 1. The zero-order chi connectivity index (χ0) is 12.2. The molecule has 94 valence electrons. The van der Waals surface area contributed by atoms with Crippen LogP contribution < -0.4 is 0 Å². The van der Waals surface area contributed by atoms with Gasteiger partial charge in [-0.2, -0.15) is 0 Å². The molecule has 1 aliphatic heterocycles. The summed E-state index contributed by atoms with van der Waals surface area (Å²) in [5.41, 5.74) is -0.518. The van der Waals surface area contributed by atoms with Gasteiger partial charge in [0, 0.05) is 13.2 Å². The normalized spacial score (nSPS) is 22.8. The predicted octanol–water partition coefficient (Wildman–Crippen LogP) is 1.98. The largest absolute Gasteiger partial charge is 0.444 e. The molecule has 0 aromatic rings. The maximum absolute atomic E-state index is 12.5. The molecule has 1 saturated heterocycles. The number of hydrogen-bond donors (Lipinski definition) is 0. The van der Waals surface area contributed by atoms with Crippen molar-refractivity contribution >= 4 is 6.09 Å². The quantitative estimate of drug-likeness (QED) is 0.695. The highest BCUT2D eigenvalue weighted by Gasteiger charge is 2.26. The minimum absolute atomic E-state index is 0.269. The lowest BCUT2D eigenvalue weighted by atomic mass is 10.2. The average Bonchev–Trinajstić information content (AvgIpc) is 2.39. The number of hydrogen-bond acceptors (Lipinski definition) is 3. The highest BCUT2D eigenvalue weighted by molar-refractivity contribution is 5.68. The van der Waals surface area contributed by atoms with Gasteiger partial charge in [-0.25, -0.2) is 9.18 Å². The predicted molar refractivity (Wildman–Crippen MR) is 58.1 cm³/mol. The van der Waals surface area contributed by atoms with E-state index in [1.165, 1.54) is 4.90 Å². The molecule has 0 spiro atoms. The van der Waals surface area contributed by atoms with Crippen LogP contribution in [0.3, 0.4) is 0 Å². The molecule has 0 radical (unpaired) electrons. The zero-order valence-corrected chi connectivity index (χ0v) is 10.2. The molecule has 0 aromatic heterocycles. The van der Waals surface area contributed by atoms with Gasteiger partial charge in [-0.1, -0.05) is 0 Å². The molecule has 1 fully saturated rings.